The van der Waals surface area contributed by atoms with Crippen molar-refractivity contribution in [2.75, 3.05) is 47.3 Å². The van der Waals surface area contributed by atoms with Crippen molar-refractivity contribution in [3.8, 4) is 0 Å². The van der Waals surface area contributed by atoms with Crippen LogP contribution in [0.4, 0.5) is 0 Å². The average Bonchev–Trinajstić information content (AvgIpc) is 2.73. The van der Waals surface area contributed by atoms with E-state index in [0.29, 0.717) is 0 Å². The van der Waals surface area contributed by atoms with Crippen LogP contribution in [0.2, 0.25) is 0 Å². The second kappa shape index (κ2) is 6.17. The van der Waals surface area contributed by atoms with Gasteiger partial charge in [0.05, 0.1) is 0 Å². The summed E-state index contributed by atoms with van der Waals surface area (Å²) in [5, 5.41) is 3.47. The van der Waals surface area contributed by atoms with Crippen LogP contribution in [0.15, 0.2) is 0 Å². The molecule has 100 valence electrons. The molecule has 2 aliphatic rings. The van der Waals surface area contributed by atoms with Crippen LogP contribution < -0.4 is 5.32 Å². The maximum atomic E-state index is 3.47. The van der Waals surface area contributed by atoms with Crippen LogP contribution in [0.1, 0.15) is 25.7 Å². The minimum atomic E-state index is 0.794. The highest BCUT2D eigenvalue weighted by Crippen LogP contribution is 2.28. The van der Waals surface area contributed by atoms with Gasteiger partial charge in [-0.2, -0.15) is 0 Å². The molecule has 2 unspecified atom stereocenters. The van der Waals surface area contributed by atoms with Gasteiger partial charge in [0.1, 0.15) is 0 Å². The molecule has 0 aliphatic carbocycles. The number of piperidine rings is 1. The van der Waals surface area contributed by atoms with Crippen molar-refractivity contribution in [3.05, 3.63) is 0 Å². The summed E-state index contributed by atoms with van der Waals surface area (Å²) >= 11 is 0. The second-order valence-corrected chi connectivity index (χ2v) is 6.27. The highest BCUT2D eigenvalue weighted by atomic mass is 15.2. The Hall–Kier alpha value is -0.120. The molecule has 0 radical (unpaired) electrons. The first kappa shape index (κ1) is 13.3. The van der Waals surface area contributed by atoms with Crippen molar-refractivity contribution in [1.29, 1.82) is 0 Å². The Kier molecular flexibility index (Phi) is 4.83. The number of hydrogen-bond donors (Lipinski definition) is 1. The molecule has 2 saturated heterocycles. The summed E-state index contributed by atoms with van der Waals surface area (Å²) in [5.41, 5.74) is 0. The molecule has 0 aromatic heterocycles. The van der Waals surface area contributed by atoms with Gasteiger partial charge in [0.15, 0.2) is 0 Å². The Morgan fingerprint density at radius 2 is 1.94 bits per heavy atom. The van der Waals surface area contributed by atoms with E-state index >= 15 is 0 Å². The number of nitrogens with zero attached hydrogens (tertiary/aromatic N) is 2. The van der Waals surface area contributed by atoms with Gasteiger partial charge in [0, 0.05) is 12.6 Å². The van der Waals surface area contributed by atoms with Gasteiger partial charge in [-0.3, -0.25) is 0 Å². The van der Waals surface area contributed by atoms with Crippen molar-refractivity contribution in [2.24, 2.45) is 11.8 Å². The third-order valence-corrected chi connectivity index (χ3v) is 4.67. The van der Waals surface area contributed by atoms with Crippen molar-refractivity contribution in [1.82, 2.24) is 15.1 Å². The first-order valence-electron chi connectivity index (χ1n) is 7.22. The van der Waals surface area contributed by atoms with Crippen molar-refractivity contribution in [3.63, 3.8) is 0 Å². The molecule has 0 aromatic carbocycles. The minimum Gasteiger partial charge on any atom is -0.317 e. The van der Waals surface area contributed by atoms with E-state index in [4.69, 9.17) is 0 Å². The molecule has 0 spiro atoms. The smallest absolute Gasteiger partial charge is 0.0133 e. The first-order valence-corrected chi connectivity index (χ1v) is 7.22. The minimum absolute atomic E-state index is 0.794. The van der Waals surface area contributed by atoms with E-state index in [1.54, 1.807) is 0 Å². The third kappa shape index (κ3) is 3.67. The number of rotatable bonds is 4. The number of likely N-dealkylation sites (tertiary alicyclic amines) is 1. The van der Waals surface area contributed by atoms with E-state index in [-0.39, 0.29) is 0 Å². The summed E-state index contributed by atoms with van der Waals surface area (Å²) in [4.78, 5) is 4.97. The molecule has 2 fully saturated rings. The van der Waals surface area contributed by atoms with Crippen LogP contribution in [-0.4, -0.2) is 63.2 Å². The van der Waals surface area contributed by atoms with E-state index in [0.717, 1.165) is 17.9 Å². The van der Waals surface area contributed by atoms with Crippen LogP contribution in [0.3, 0.4) is 0 Å². The number of nitrogens with one attached hydrogen (secondary N) is 1. The molecule has 0 bridgehead atoms. The highest BCUT2D eigenvalue weighted by molar-refractivity contribution is 4.86. The van der Waals surface area contributed by atoms with Gasteiger partial charge >= 0.3 is 0 Å². The van der Waals surface area contributed by atoms with Gasteiger partial charge < -0.3 is 15.1 Å². The maximum Gasteiger partial charge on any atom is 0.0133 e. The number of hydrogen-bond acceptors (Lipinski definition) is 3. The van der Waals surface area contributed by atoms with Crippen molar-refractivity contribution < 1.29 is 0 Å². The SMILES string of the molecule is CN1CCC(C(CC2CCNCC2)N(C)C)C1. The molecule has 3 nitrogen and oxygen atoms in total. The Labute approximate surface area is 107 Å². The summed E-state index contributed by atoms with van der Waals surface area (Å²) in [6, 6.07) is 0.794. The predicted molar refractivity (Wildman–Crippen MR) is 73.3 cm³/mol. The van der Waals surface area contributed by atoms with E-state index in [1.165, 1.54) is 51.9 Å². The molecule has 1 N–H and O–H groups in total. The van der Waals surface area contributed by atoms with Crippen LogP contribution >= 0.6 is 0 Å². The maximum absolute atomic E-state index is 3.47. The third-order valence-electron chi connectivity index (χ3n) is 4.67. The second-order valence-electron chi connectivity index (χ2n) is 6.27. The van der Waals surface area contributed by atoms with Gasteiger partial charge in [-0.05, 0) is 78.3 Å². The molecule has 0 amide bonds. The fourth-order valence-corrected chi connectivity index (χ4v) is 3.57. The Balaban J connectivity index is 1.87. The van der Waals surface area contributed by atoms with Crippen LogP contribution in [0.5, 0.6) is 0 Å². The van der Waals surface area contributed by atoms with E-state index in [2.05, 4.69) is 36.3 Å². The molecule has 2 aliphatic heterocycles. The lowest BCUT2D eigenvalue weighted by Gasteiger charge is -2.34. The summed E-state index contributed by atoms with van der Waals surface area (Å²) in [7, 11) is 6.80. The molecular weight excluding hydrogens is 210 g/mol. The predicted octanol–water partition coefficient (Wildman–Crippen LogP) is 1.26. The molecule has 2 heterocycles. The topological polar surface area (TPSA) is 18.5 Å². The summed E-state index contributed by atoms with van der Waals surface area (Å²) in [6.45, 7) is 5.06. The molecule has 2 atom stereocenters. The fourth-order valence-electron chi connectivity index (χ4n) is 3.57. The Morgan fingerprint density at radius 1 is 1.24 bits per heavy atom. The van der Waals surface area contributed by atoms with Crippen LogP contribution in [0, 0.1) is 11.8 Å². The van der Waals surface area contributed by atoms with Gasteiger partial charge in [0.2, 0.25) is 0 Å². The largest absolute Gasteiger partial charge is 0.317 e. The van der Waals surface area contributed by atoms with E-state index < -0.39 is 0 Å². The summed E-state index contributed by atoms with van der Waals surface area (Å²) < 4.78 is 0. The lowest BCUT2D eigenvalue weighted by Crippen LogP contribution is -2.40. The first-order chi connectivity index (χ1) is 8.16. The molecule has 3 heteroatoms. The monoisotopic (exact) mass is 239 g/mol. The normalized spacial score (nSPS) is 30.0. The molecule has 17 heavy (non-hydrogen) atoms. The lowest BCUT2D eigenvalue weighted by molar-refractivity contribution is 0.162. The van der Waals surface area contributed by atoms with E-state index in [9.17, 15) is 0 Å². The Morgan fingerprint density at radius 3 is 2.47 bits per heavy atom. The van der Waals surface area contributed by atoms with Gasteiger partial charge in [-0.25, -0.2) is 0 Å². The highest BCUT2D eigenvalue weighted by Gasteiger charge is 2.31. The summed E-state index contributed by atoms with van der Waals surface area (Å²) in [6.07, 6.45) is 5.57. The standard InChI is InChI=1S/C14H29N3/c1-16(2)14(13-6-9-17(3)11-13)10-12-4-7-15-8-5-12/h12-15H,4-11H2,1-3H3. The van der Waals surface area contributed by atoms with Crippen molar-refractivity contribution >= 4 is 0 Å². The Bertz CT molecular complexity index is 224. The average molecular weight is 239 g/mol. The fraction of sp³-hybridized carbons (Fsp3) is 1.00. The zero-order chi connectivity index (χ0) is 12.3. The van der Waals surface area contributed by atoms with Crippen molar-refractivity contribution in [2.45, 2.75) is 31.7 Å². The summed E-state index contributed by atoms with van der Waals surface area (Å²) in [5.74, 6) is 1.85. The van der Waals surface area contributed by atoms with Gasteiger partial charge in [-0.15, -0.1) is 0 Å². The molecule has 0 aromatic rings. The molecular formula is C14H29N3. The van der Waals surface area contributed by atoms with Gasteiger partial charge in [0.25, 0.3) is 0 Å². The van der Waals surface area contributed by atoms with Crippen LogP contribution in [0.25, 0.3) is 0 Å². The lowest BCUT2D eigenvalue weighted by atomic mass is 9.85. The molecule has 2 rings (SSSR count). The zero-order valence-electron chi connectivity index (χ0n) is 11.8. The quantitative estimate of drug-likeness (QED) is 0.797. The van der Waals surface area contributed by atoms with E-state index in [1.807, 2.05) is 0 Å². The van der Waals surface area contributed by atoms with Gasteiger partial charge in [-0.1, -0.05) is 0 Å². The molecule has 0 saturated carbocycles. The zero-order valence-corrected chi connectivity index (χ0v) is 11.8. The van der Waals surface area contributed by atoms with Crippen LogP contribution in [-0.2, 0) is 0 Å².